The van der Waals surface area contributed by atoms with Crippen LogP contribution in [0.4, 0.5) is 5.95 Å². The smallest absolute Gasteiger partial charge is 0.243 e. The first-order valence-corrected chi connectivity index (χ1v) is 6.01. The van der Waals surface area contributed by atoms with Crippen LogP contribution in [0.15, 0.2) is 18.3 Å². The van der Waals surface area contributed by atoms with E-state index >= 15 is 0 Å². The van der Waals surface area contributed by atoms with Crippen molar-refractivity contribution in [3.63, 3.8) is 0 Å². The first-order valence-electron chi connectivity index (χ1n) is 5.63. The molecule has 0 radical (unpaired) electrons. The predicted octanol–water partition coefficient (Wildman–Crippen LogP) is 2.22. The molecule has 2 aromatic heterocycles. The van der Waals surface area contributed by atoms with Crippen LogP contribution in [0, 0.1) is 0 Å². The molecule has 92 valence electrons. The predicted molar refractivity (Wildman–Crippen MR) is 67.6 cm³/mol. The maximum atomic E-state index is 5.86. The van der Waals surface area contributed by atoms with Crippen molar-refractivity contribution in [2.75, 3.05) is 25.1 Å². The van der Waals surface area contributed by atoms with Gasteiger partial charge in [-0.15, -0.1) is 5.10 Å². The summed E-state index contributed by atoms with van der Waals surface area (Å²) in [5.41, 5.74) is 0.779. The number of anilines is 1. The van der Waals surface area contributed by atoms with E-state index in [0.29, 0.717) is 11.0 Å². The van der Waals surface area contributed by atoms with Gasteiger partial charge in [0.1, 0.15) is 0 Å². The van der Waals surface area contributed by atoms with Gasteiger partial charge < -0.3 is 10.1 Å². The second-order valence-electron chi connectivity index (χ2n) is 3.56. The van der Waals surface area contributed by atoms with Gasteiger partial charge in [-0.05, 0) is 25.5 Å². The molecule has 1 N–H and O–H groups in total. The lowest BCUT2D eigenvalue weighted by atomic mass is 10.4. The number of ether oxygens (including phenoxy) is 1. The first-order chi connectivity index (χ1) is 8.29. The van der Waals surface area contributed by atoms with Gasteiger partial charge in [-0.1, -0.05) is 11.6 Å². The summed E-state index contributed by atoms with van der Waals surface area (Å²) in [6.07, 6.45) is 2.67. The molecule has 0 unspecified atom stereocenters. The Morgan fingerprint density at radius 1 is 1.47 bits per heavy atom. The van der Waals surface area contributed by atoms with E-state index in [0.717, 1.165) is 31.8 Å². The van der Waals surface area contributed by atoms with E-state index < -0.39 is 0 Å². The second-order valence-corrected chi connectivity index (χ2v) is 4.00. The minimum Gasteiger partial charge on any atom is -0.382 e. The molecule has 0 bridgehead atoms. The molecular weight excluding hydrogens is 240 g/mol. The van der Waals surface area contributed by atoms with Crippen LogP contribution in [0.2, 0.25) is 5.02 Å². The van der Waals surface area contributed by atoms with Crippen molar-refractivity contribution in [1.82, 2.24) is 14.6 Å². The van der Waals surface area contributed by atoms with E-state index in [-0.39, 0.29) is 0 Å². The number of aromatic nitrogens is 3. The molecule has 17 heavy (non-hydrogen) atoms. The quantitative estimate of drug-likeness (QED) is 0.803. The lowest BCUT2D eigenvalue weighted by molar-refractivity contribution is 0.147. The average molecular weight is 255 g/mol. The van der Waals surface area contributed by atoms with Gasteiger partial charge >= 0.3 is 0 Å². The summed E-state index contributed by atoms with van der Waals surface area (Å²) in [6, 6.07) is 3.63. The Hall–Kier alpha value is -1.33. The highest BCUT2D eigenvalue weighted by molar-refractivity contribution is 6.30. The summed E-state index contributed by atoms with van der Waals surface area (Å²) in [4.78, 5) is 4.31. The second kappa shape index (κ2) is 5.84. The molecule has 0 spiro atoms. The molecule has 2 aromatic rings. The Kier molecular flexibility index (Phi) is 4.17. The highest BCUT2D eigenvalue weighted by Crippen LogP contribution is 2.11. The molecule has 0 aliphatic carbocycles. The van der Waals surface area contributed by atoms with Crippen LogP contribution >= 0.6 is 11.6 Å². The zero-order valence-corrected chi connectivity index (χ0v) is 10.4. The Morgan fingerprint density at radius 2 is 2.35 bits per heavy atom. The number of fused-ring (bicyclic) bond motifs is 1. The molecule has 0 fully saturated rings. The highest BCUT2D eigenvalue weighted by Gasteiger charge is 2.02. The molecule has 0 saturated carbocycles. The third-order valence-corrected chi connectivity index (χ3v) is 2.47. The molecule has 0 aliphatic rings. The third kappa shape index (κ3) is 3.31. The Labute approximate surface area is 105 Å². The number of halogens is 1. The number of pyridine rings is 1. The summed E-state index contributed by atoms with van der Waals surface area (Å²) in [6.45, 7) is 4.29. The summed E-state index contributed by atoms with van der Waals surface area (Å²) >= 11 is 5.86. The summed E-state index contributed by atoms with van der Waals surface area (Å²) in [5.74, 6) is 0.615. The van der Waals surface area contributed by atoms with E-state index in [2.05, 4.69) is 15.4 Å². The van der Waals surface area contributed by atoms with Gasteiger partial charge in [0, 0.05) is 26.0 Å². The molecule has 0 aromatic carbocycles. The van der Waals surface area contributed by atoms with Gasteiger partial charge in [0.25, 0.3) is 0 Å². The zero-order valence-electron chi connectivity index (χ0n) is 9.69. The fraction of sp³-hybridized carbons (Fsp3) is 0.455. The van der Waals surface area contributed by atoms with Crippen molar-refractivity contribution in [3.05, 3.63) is 23.4 Å². The maximum absolute atomic E-state index is 5.86. The van der Waals surface area contributed by atoms with Crippen LogP contribution in [0.3, 0.4) is 0 Å². The van der Waals surface area contributed by atoms with Crippen LogP contribution in [-0.4, -0.2) is 34.4 Å². The van der Waals surface area contributed by atoms with Crippen LogP contribution in [0.1, 0.15) is 13.3 Å². The number of hydrogen-bond donors (Lipinski definition) is 1. The van der Waals surface area contributed by atoms with Crippen molar-refractivity contribution < 1.29 is 4.74 Å². The molecule has 0 aliphatic heterocycles. The van der Waals surface area contributed by atoms with Crippen molar-refractivity contribution in [1.29, 1.82) is 0 Å². The largest absolute Gasteiger partial charge is 0.382 e. The summed E-state index contributed by atoms with van der Waals surface area (Å²) in [5, 5.41) is 8.05. The van der Waals surface area contributed by atoms with Crippen molar-refractivity contribution in [3.8, 4) is 0 Å². The van der Waals surface area contributed by atoms with Crippen molar-refractivity contribution in [2.45, 2.75) is 13.3 Å². The van der Waals surface area contributed by atoms with E-state index in [9.17, 15) is 0 Å². The molecular formula is C11H15ClN4O. The van der Waals surface area contributed by atoms with Crippen molar-refractivity contribution >= 4 is 23.2 Å². The molecule has 0 saturated heterocycles. The van der Waals surface area contributed by atoms with E-state index in [1.54, 1.807) is 16.8 Å². The number of nitrogens with one attached hydrogen (secondary N) is 1. The average Bonchev–Trinajstić information content (AvgIpc) is 2.70. The van der Waals surface area contributed by atoms with Crippen LogP contribution < -0.4 is 5.32 Å². The van der Waals surface area contributed by atoms with Gasteiger partial charge in [0.2, 0.25) is 5.95 Å². The van der Waals surface area contributed by atoms with E-state index in [1.165, 1.54) is 0 Å². The molecule has 2 rings (SSSR count). The minimum atomic E-state index is 0.615. The molecule has 0 amide bonds. The lowest BCUT2D eigenvalue weighted by Gasteiger charge is -2.01. The minimum absolute atomic E-state index is 0.615. The Balaban J connectivity index is 1.91. The van der Waals surface area contributed by atoms with Gasteiger partial charge in [-0.2, -0.15) is 4.98 Å². The molecule has 6 heteroatoms. The Bertz CT molecular complexity index is 485. The van der Waals surface area contributed by atoms with Gasteiger partial charge in [-0.3, -0.25) is 0 Å². The first kappa shape index (κ1) is 12.1. The standard InChI is InChI=1S/C11H15ClN4O/c1-2-17-7-3-6-13-11-14-10-5-4-9(12)8-16(10)15-11/h4-5,8H,2-3,6-7H2,1H3,(H,13,15). The third-order valence-electron chi connectivity index (χ3n) is 2.25. The van der Waals surface area contributed by atoms with E-state index in [4.69, 9.17) is 16.3 Å². The zero-order chi connectivity index (χ0) is 12.1. The molecule has 5 nitrogen and oxygen atoms in total. The van der Waals surface area contributed by atoms with E-state index in [1.807, 2.05) is 13.0 Å². The van der Waals surface area contributed by atoms with Crippen LogP contribution in [-0.2, 0) is 4.74 Å². The van der Waals surface area contributed by atoms with Gasteiger partial charge in [-0.25, -0.2) is 4.52 Å². The highest BCUT2D eigenvalue weighted by atomic mass is 35.5. The normalized spacial score (nSPS) is 10.9. The van der Waals surface area contributed by atoms with Gasteiger partial charge in [0.05, 0.1) is 5.02 Å². The number of nitrogens with zero attached hydrogens (tertiary/aromatic N) is 3. The molecule has 2 heterocycles. The summed E-state index contributed by atoms with van der Waals surface area (Å²) in [7, 11) is 0. The number of rotatable bonds is 6. The SMILES string of the molecule is CCOCCCNc1nc2ccc(Cl)cn2n1. The lowest BCUT2D eigenvalue weighted by Crippen LogP contribution is -2.06. The van der Waals surface area contributed by atoms with Crippen LogP contribution in [0.25, 0.3) is 5.65 Å². The van der Waals surface area contributed by atoms with Gasteiger partial charge in [0.15, 0.2) is 5.65 Å². The monoisotopic (exact) mass is 254 g/mol. The fourth-order valence-corrected chi connectivity index (χ4v) is 1.61. The maximum Gasteiger partial charge on any atom is 0.243 e. The topological polar surface area (TPSA) is 51.5 Å². The number of hydrogen-bond acceptors (Lipinski definition) is 4. The van der Waals surface area contributed by atoms with Crippen molar-refractivity contribution in [2.24, 2.45) is 0 Å². The molecule has 0 atom stereocenters. The summed E-state index contributed by atoms with van der Waals surface area (Å²) < 4.78 is 6.90. The Morgan fingerprint density at radius 3 is 3.18 bits per heavy atom. The fourth-order valence-electron chi connectivity index (χ4n) is 1.45. The van der Waals surface area contributed by atoms with Crippen LogP contribution in [0.5, 0.6) is 0 Å².